The van der Waals surface area contributed by atoms with Crippen molar-refractivity contribution >= 4 is 23.4 Å². The van der Waals surface area contributed by atoms with Gasteiger partial charge in [-0.3, -0.25) is 19.7 Å². The lowest BCUT2D eigenvalue weighted by Crippen LogP contribution is -2.37. The van der Waals surface area contributed by atoms with Crippen molar-refractivity contribution in [2.45, 2.75) is 39.2 Å². The number of benzene rings is 1. The fourth-order valence-electron chi connectivity index (χ4n) is 3.18. The Morgan fingerprint density at radius 1 is 1.16 bits per heavy atom. The second kappa shape index (κ2) is 6.93. The third-order valence-corrected chi connectivity index (χ3v) is 4.61. The van der Waals surface area contributed by atoms with E-state index in [2.05, 4.69) is 10.6 Å². The Kier molecular flexibility index (Phi) is 4.70. The van der Waals surface area contributed by atoms with Crippen molar-refractivity contribution in [1.29, 1.82) is 0 Å². The minimum absolute atomic E-state index is 0.105. The van der Waals surface area contributed by atoms with Gasteiger partial charge in [0.15, 0.2) is 0 Å². The predicted molar refractivity (Wildman–Crippen MR) is 94.4 cm³/mol. The first-order chi connectivity index (χ1) is 12.0. The molecule has 3 amide bonds. The van der Waals surface area contributed by atoms with Crippen LogP contribution in [0.2, 0.25) is 0 Å². The number of anilines is 1. The summed E-state index contributed by atoms with van der Waals surface area (Å²) < 4.78 is 2.02. The van der Waals surface area contributed by atoms with Gasteiger partial charge in [0.1, 0.15) is 0 Å². The Hall–Kier alpha value is -2.89. The normalized spacial score (nSPS) is 15.1. The van der Waals surface area contributed by atoms with Crippen LogP contribution in [0.3, 0.4) is 0 Å². The summed E-state index contributed by atoms with van der Waals surface area (Å²) in [6.45, 7) is 4.78. The zero-order chi connectivity index (χ0) is 18.0. The third kappa shape index (κ3) is 3.63. The van der Waals surface area contributed by atoms with Crippen molar-refractivity contribution < 1.29 is 14.4 Å². The maximum atomic E-state index is 12.4. The van der Waals surface area contributed by atoms with Crippen LogP contribution in [0.5, 0.6) is 0 Å². The molecule has 0 radical (unpaired) electrons. The highest BCUT2D eigenvalue weighted by atomic mass is 16.2. The zero-order valence-corrected chi connectivity index (χ0v) is 14.3. The molecule has 6 heteroatoms. The molecule has 0 bridgehead atoms. The van der Waals surface area contributed by atoms with Crippen LogP contribution in [0.1, 0.15) is 47.3 Å². The number of imide groups is 1. The Bertz CT molecular complexity index is 805. The molecule has 0 spiro atoms. The summed E-state index contributed by atoms with van der Waals surface area (Å²) in [5, 5.41) is 5.20. The van der Waals surface area contributed by atoms with Crippen molar-refractivity contribution in [3.8, 4) is 0 Å². The number of hydrogen-bond acceptors (Lipinski definition) is 3. The fraction of sp³-hybridized carbons (Fsp3) is 0.316. The second-order valence-electron chi connectivity index (χ2n) is 6.25. The SMILES string of the molecule is CCn1ccc(C(=O)Nc2ccc(C3CC(=O)NC(=O)C3)cc2)c1C. The Morgan fingerprint density at radius 2 is 1.80 bits per heavy atom. The van der Waals surface area contributed by atoms with E-state index in [0.29, 0.717) is 24.1 Å². The molecule has 0 saturated carbocycles. The van der Waals surface area contributed by atoms with E-state index < -0.39 is 0 Å². The lowest BCUT2D eigenvalue weighted by Gasteiger charge is -2.21. The molecular formula is C19H21N3O3. The molecule has 1 aromatic heterocycles. The number of aromatic nitrogens is 1. The van der Waals surface area contributed by atoms with Crippen molar-refractivity contribution in [3.05, 3.63) is 53.3 Å². The van der Waals surface area contributed by atoms with Crippen molar-refractivity contribution in [2.24, 2.45) is 0 Å². The van der Waals surface area contributed by atoms with Crippen molar-refractivity contribution in [1.82, 2.24) is 9.88 Å². The lowest BCUT2D eigenvalue weighted by molar-refractivity contribution is -0.133. The maximum Gasteiger partial charge on any atom is 0.257 e. The topological polar surface area (TPSA) is 80.2 Å². The van der Waals surface area contributed by atoms with Gasteiger partial charge in [0.25, 0.3) is 5.91 Å². The molecule has 25 heavy (non-hydrogen) atoms. The van der Waals surface area contributed by atoms with Gasteiger partial charge in [0, 0.05) is 42.9 Å². The van der Waals surface area contributed by atoms with Crippen LogP contribution in [0.15, 0.2) is 36.5 Å². The van der Waals surface area contributed by atoms with Crippen LogP contribution in [-0.2, 0) is 16.1 Å². The van der Waals surface area contributed by atoms with Crippen molar-refractivity contribution in [3.63, 3.8) is 0 Å². The molecule has 2 N–H and O–H groups in total. The molecule has 1 aliphatic heterocycles. The summed E-state index contributed by atoms with van der Waals surface area (Å²) in [6, 6.07) is 9.13. The molecule has 130 valence electrons. The molecule has 0 unspecified atom stereocenters. The lowest BCUT2D eigenvalue weighted by atomic mass is 9.89. The minimum Gasteiger partial charge on any atom is -0.351 e. The summed E-state index contributed by atoms with van der Waals surface area (Å²) in [5.74, 6) is -0.736. The van der Waals surface area contributed by atoms with Gasteiger partial charge in [-0.1, -0.05) is 12.1 Å². The third-order valence-electron chi connectivity index (χ3n) is 4.61. The van der Waals surface area contributed by atoms with Gasteiger partial charge in [-0.2, -0.15) is 0 Å². The average Bonchev–Trinajstić information content (AvgIpc) is 2.95. The van der Waals surface area contributed by atoms with E-state index in [9.17, 15) is 14.4 Å². The van der Waals surface area contributed by atoms with Gasteiger partial charge in [-0.25, -0.2) is 0 Å². The van der Waals surface area contributed by atoms with Gasteiger partial charge in [-0.15, -0.1) is 0 Å². The largest absolute Gasteiger partial charge is 0.351 e. The fourth-order valence-corrected chi connectivity index (χ4v) is 3.18. The molecule has 2 aromatic rings. The Morgan fingerprint density at radius 3 is 2.36 bits per heavy atom. The molecule has 1 saturated heterocycles. The molecule has 0 aliphatic carbocycles. The molecule has 1 aliphatic rings. The number of carbonyl (C=O) groups excluding carboxylic acids is 3. The monoisotopic (exact) mass is 339 g/mol. The quantitative estimate of drug-likeness (QED) is 0.840. The number of amides is 3. The molecule has 0 atom stereocenters. The summed E-state index contributed by atoms with van der Waals surface area (Å²) in [4.78, 5) is 35.4. The predicted octanol–water partition coefficient (Wildman–Crippen LogP) is 2.59. The van der Waals surface area contributed by atoms with E-state index in [1.165, 1.54) is 0 Å². The maximum absolute atomic E-state index is 12.4. The smallest absolute Gasteiger partial charge is 0.257 e. The van der Waals surface area contributed by atoms with Crippen LogP contribution in [0, 0.1) is 6.92 Å². The number of aryl methyl sites for hydroxylation is 1. The number of nitrogens with one attached hydrogen (secondary N) is 2. The highest BCUT2D eigenvalue weighted by Gasteiger charge is 2.26. The summed E-state index contributed by atoms with van der Waals surface area (Å²) >= 11 is 0. The van der Waals surface area contributed by atoms with Crippen LogP contribution in [0.25, 0.3) is 0 Å². The van der Waals surface area contributed by atoms with Crippen LogP contribution in [0.4, 0.5) is 5.69 Å². The van der Waals surface area contributed by atoms with E-state index in [1.54, 1.807) is 12.1 Å². The van der Waals surface area contributed by atoms with E-state index in [4.69, 9.17) is 0 Å². The molecule has 3 rings (SSSR count). The highest BCUT2D eigenvalue weighted by molar-refractivity contribution is 6.05. The number of hydrogen-bond donors (Lipinski definition) is 2. The zero-order valence-electron chi connectivity index (χ0n) is 14.3. The first kappa shape index (κ1) is 17.0. The van der Waals surface area contributed by atoms with E-state index >= 15 is 0 Å². The van der Waals surface area contributed by atoms with Gasteiger partial charge < -0.3 is 9.88 Å². The van der Waals surface area contributed by atoms with E-state index in [0.717, 1.165) is 17.8 Å². The van der Waals surface area contributed by atoms with Gasteiger partial charge in [0.2, 0.25) is 11.8 Å². The standard InChI is InChI=1S/C19H21N3O3/c1-3-22-9-8-16(12(22)2)19(25)20-15-6-4-13(5-7-15)14-10-17(23)21-18(24)11-14/h4-9,14H,3,10-11H2,1-2H3,(H,20,25)(H,21,23,24). The van der Waals surface area contributed by atoms with Crippen molar-refractivity contribution in [2.75, 3.05) is 5.32 Å². The molecular weight excluding hydrogens is 318 g/mol. The molecule has 6 nitrogen and oxygen atoms in total. The molecule has 1 fully saturated rings. The average molecular weight is 339 g/mol. The van der Waals surface area contributed by atoms with Crippen LogP contribution in [-0.4, -0.2) is 22.3 Å². The van der Waals surface area contributed by atoms with E-state index in [1.807, 2.05) is 42.8 Å². The summed E-state index contributed by atoms with van der Waals surface area (Å²) in [5.41, 5.74) is 3.20. The van der Waals surface area contributed by atoms with Gasteiger partial charge in [-0.05, 0) is 37.6 Å². The summed E-state index contributed by atoms with van der Waals surface area (Å²) in [7, 11) is 0. The van der Waals surface area contributed by atoms with Gasteiger partial charge >= 0.3 is 0 Å². The van der Waals surface area contributed by atoms with E-state index in [-0.39, 0.29) is 23.6 Å². The first-order valence-electron chi connectivity index (χ1n) is 8.37. The molecule has 1 aromatic carbocycles. The Balaban J connectivity index is 1.70. The van der Waals surface area contributed by atoms with Crippen LogP contribution < -0.4 is 10.6 Å². The second-order valence-corrected chi connectivity index (χ2v) is 6.25. The number of nitrogens with zero attached hydrogens (tertiary/aromatic N) is 1. The minimum atomic E-state index is -0.241. The Labute approximate surface area is 146 Å². The highest BCUT2D eigenvalue weighted by Crippen LogP contribution is 2.27. The number of carbonyl (C=O) groups is 3. The summed E-state index contributed by atoms with van der Waals surface area (Å²) in [6.07, 6.45) is 2.51. The number of rotatable bonds is 4. The number of piperidine rings is 1. The first-order valence-corrected chi connectivity index (χ1v) is 8.37. The molecule has 2 heterocycles. The van der Waals surface area contributed by atoms with Gasteiger partial charge in [0.05, 0.1) is 5.56 Å². The van der Waals surface area contributed by atoms with Crippen LogP contribution >= 0.6 is 0 Å².